The summed E-state index contributed by atoms with van der Waals surface area (Å²) in [5.41, 5.74) is 4.90. The lowest BCUT2D eigenvalue weighted by molar-refractivity contribution is 0.0180. The Hall–Kier alpha value is -6.22. The van der Waals surface area contributed by atoms with E-state index in [1.54, 1.807) is 24.1 Å². The van der Waals surface area contributed by atoms with Gasteiger partial charge in [-0.05, 0) is 37.3 Å². The molecule has 3 N–H and O–H groups in total. The van der Waals surface area contributed by atoms with Gasteiger partial charge in [-0.25, -0.2) is 14.5 Å². The predicted octanol–water partition coefficient (Wildman–Crippen LogP) is 8.73. The van der Waals surface area contributed by atoms with E-state index in [1.807, 2.05) is 111 Å². The molecule has 0 aliphatic heterocycles. The Kier molecular flexibility index (Phi) is 13.8. The van der Waals surface area contributed by atoms with Gasteiger partial charge in [-0.1, -0.05) is 62.7 Å². The molecule has 6 rings (SSSR count). The summed E-state index contributed by atoms with van der Waals surface area (Å²) in [6.45, 7) is 11.2. The Balaban J connectivity index is 1.13. The van der Waals surface area contributed by atoms with Gasteiger partial charge in [-0.3, -0.25) is 5.32 Å². The fourth-order valence-corrected chi connectivity index (χ4v) is 5.84. The normalized spacial score (nSPS) is 11.4. The van der Waals surface area contributed by atoms with Crippen molar-refractivity contribution in [3.63, 3.8) is 0 Å². The minimum Gasteiger partial charge on any atom is -0.491 e. The van der Waals surface area contributed by atoms with Crippen LogP contribution in [-0.2, 0) is 19.6 Å². The van der Waals surface area contributed by atoms with Crippen LogP contribution in [0.2, 0.25) is 0 Å². The number of methoxy groups -OCH3 is 1. The zero-order chi connectivity index (χ0) is 41.1. The van der Waals surface area contributed by atoms with Crippen molar-refractivity contribution >= 4 is 45.6 Å². The predicted molar refractivity (Wildman–Crippen MR) is 229 cm³/mol. The summed E-state index contributed by atoms with van der Waals surface area (Å²) in [6.07, 6.45) is 1.63. The molecule has 0 bridgehead atoms. The Morgan fingerprint density at radius 1 is 0.810 bits per heavy atom. The molecule has 2 amide bonds. The zero-order valence-corrected chi connectivity index (χ0v) is 34.2. The number of fused-ring (bicyclic) bond motifs is 1. The third-order valence-electron chi connectivity index (χ3n) is 8.94. The second-order valence-corrected chi connectivity index (χ2v) is 14.8. The minimum absolute atomic E-state index is 0.220. The molecule has 304 valence electrons. The van der Waals surface area contributed by atoms with E-state index in [1.165, 1.54) is 0 Å². The number of amides is 2. The lowest BCUT2D eigenvalue weighted by Gasteiger charge is -2.17. The van der Waals surface area contributed by atoms with Crippen LogP contribution in [0.4, 0.5) is 33.6 Å². The van der Waals surface area contributed by atoms with Crippen LogP contribution in [0.3, 0.4) is 0 Å². The first-order valence-electron chi connectivity index (χ1n) is 19.1. The van der Waals surface area contributed by atoms with E-state index in [0.29, 0.717) is 74.5 Å². The quantitative estimate of drug-likeness (QED) is 0.0719. The van der Waals surface area contributed by atoms with Gasteiger partial charge in [-0.2, -0.15) is 10.1 Å². The summed E-state index contributed by atoms with van der Waals surface area (Å²) in [6, 6.07) is 28.3. The number of hydrogen-bond donors (Lipinski definition) is 3. The molecule has 0 aliphatic carbocycles. The van der Waals surface area contributed by atoms with Crippen molar-refractivity contribution in [1.82, 2.24) is 19.7 Å². The number of nitrogens with one attached hydrogen (secondary N) is 3. The van der Waals surface area contributed by atoms with Gasteiger partial charge in [0.1, 0.15) is 23.9 Å². The molecule has 0 saturated heterocycles. The summed E-state index contributed by atoms with van der Waals surface area (Å²) in [5, 5.41) is 15.8. The summed E-state index contributed by atoms with van der Waals surface area (Å²) < 4.78 is 30.1. The van der Waals surface area contributed by atoms with Gasteiger partial charge in [0, 0.05) is 79.2 Å². The molecule has 4 aromatic carbocycles. The van der Waals surface area contributed by atoms with Crippen molar-refractivity contribution in [2.24, 2.45) is 0 Å². The average molecular weight is 789 g/mol. The summed E-state index contributed by atoms with van der Waals surface area (Å²) in [4.78, 5) is 24.6. The molecular formula is C44H52N8O6. The lowest BCUT2D eigenvalue weighted by Crippen LogP contribution is -2.21. The van der Waals surface area contributed by atoms with Crippen molar-refractivity contribution in [3.05, 3.63) is 108 Å². The van der Waals surface area contributed by atoms with Crippen LogP contribution >= 0.6 is 0 Å². The van der Waals surface area contributed by atoms with Crippen molar-refractivity contribution in [1.29, 1.82) is 0 Å². The third kappa shape index (κ3) is 11.2. The van der Waals surface area contributed by atoms with E-state index >= 15 is 0 Å². The number of urea groups is 1. The number of nitrogens with zero attached hydrogens (tertiary/aromatic N) is 5. The van der Waals surface area contributed by atoms with Gasteiger partial charge in [0.2, 0.25) is 11.8 Å². The summed E-state index contributed by atoms with van der Waals surface area (Å²) in [5.74, 6) is 2.47. The van der Waals surface area contributed by atoms with Crippen LogP contribution in [-0.4, -0.2) is 86.6 Å². The van der Waals surface area contributed by atoms with Crippen LogP contribution in [0.1, 0.15) is 32.0 Å². The maximum absolute atomic E-state index is 13.5. The van der Waals surface area contributed by atoms with Crippen molar-refractivity contribution in [3.8, 4) is 23.1 Å². The topological polar surface area (TPSA) is 146 Å². The van der Waals surface area contributed by atoms with Gasteiger partial charge in [-0.15, -0.1) is 0 Å². The highest BCUT2D eigenvalue weighted by atomic mass is 16.6. The Morgan fingerprint density at radius 2 is 1.53 bits per heavy atom. The van der Waals surface area contributed by atoms with E-state index < -0.39 is 6.03 Å². The summed E-state index contributed by atoms with van der Waals surface area (Å²) in [7, 11) is 5.56. The number of aryl methyl sites for hydroxylation is 1. The van der Waals surface area contributed by atoms with Crippen LogP contribution in [0, 0.1) is 6.92 Å². The average Bonchev–Trinajstić information content (AvgIpc) is 3.63. The second-order valence-electron chi connectivity index (χ2n) is 14.8. The van der Waals surface area contributed by atoms with E-state index in [9.17, 15) is 4.79 Å². The Morgan fingerprint density at radius 3 is 2.26 bits per heavy atom. The standard InChI is InChI=1S/C44H52N8O6/c1-30-12-14-32(15-13-30)52-40(29-39(50-52)44(2,3)4)48-43(53)47-37-16-17-38(36-11-9-8-10-35(36)37)58-41-18-19-45-42(49-41)46-31-26-33(51(5)6)28-34(27-31)57-25-24-56-23-22-55-21-20-54-7/h8-19,26-29H,20-25H2,1-7H3,(H,45,46,49)(H2,47,48,53). The number of aromatic nitrogens is 4. The lowest BCUT2D eigenvalue weighted by atomic mass is 9.92. The van der Waals surface area contributed by atoms with Crippen molar-refractivity contribution < 1.29 is 28.5 Å². The number of ether oxygens (including phenoxy) is 5. The third-order valence-corrected chi connectivity index (χ3v) is 8.94. The van der Waals surface area contributed by atoms with Gasteiger partial charge in [0.15, 0.2) is 0 Å². The molecular weight excluding hydrogens is 737 g/mol. The number of carbonyl (C=O) groups excluding carboxylic acids is 1. The molecule has 0 fully saturated rings. The van der Waals surface area contributed by atoms with Crippen molar-refractivity contribution in [2.75, 3.05) is 81.7 Å². The molecule has 2 aromatic heterocycles. The minimum atomic E-state index is -0.404. The Bertz CT molecular complexity index is 2290. The maximum Gasteiger partial charge on any atom is 0.324 e. The van der Waals surface area contributed by atoms with E-state index in [0.717, 1.165) is 39.1 Å². The highest BCUT2D eigenvalue weighted by molar-refractivity contribution is 6.07. The monoisotopic (exact) mass is 788 g/mol. The van der Waals surface area contributed by atoms with Gasteiger partial charge in [0.25, 0.3) is 0 Å². The first-order chi connectivity index (χ1) is 28.0. The van der Waals surface area contributed by atoms with Crippen LogP contribution in [0.15, 0.2) is 97.2 Å². The number of carbonyl (C=O) groups is 1. The van der Waals surface area contributed by atoms with Crippen molar-refractivity contribution in [2.45, 2.75) is 33.1 Å². The van der Waals surface area contributed by atoms with E-state index in [2.05, 4.69) is 46.7 Å². The number of benzene rings is 4. The zero-order valence-electron chi connectivity index (χ0n) is 34.2. The fraction of sp³-hybridized carbons (Fsp3) is 0.318. The number of rotatable bonds is 18. The molecule has 14 nitrogen and oxygen atoms in total. The molecule has 0 unspecified atom stereocenters. The van der Waals surface area contributed by atoms with E-state index in [4.69, 9.17) is 28.8 Å². The molecule has 0 spiro atoms. The number of hydrogen-bond acceptors (Lipinski definition) is 11. The molecule has 0 aliphatic rings. The van der Waals surface area contributed by atoms with Crippen LogP contribution in [0.25, 0.3) is 16.5 Å². The SMILES string of the molecule is COCCOCCOCCOc1cc(Nc2nccc(Oc3ccc(NC(=O)Nc4cc(C(C)(C)C)nn4-c4ccc(C)cc4)c4ccccc34)n2)cc(N(C)C)c1. The first-order valence-corrected chi connectivity index (χ1v) is 19.1. The molecule has 58 heavy (non-hydrogen) atoms. The Labute approximate surface area is 339 Å². The summed E-state index contributed by atoms with van der Waals surface area (Å²) >= 11 is 0. The first kappa shape index (κ1) is 41.4. The highest BCUT2D eigenvalue weighted by Gasteiger charge is 2.22. The van der Waals surface area contributed by atoms with Crippen LogP contribution in [0.5, 0.6) is 17.4 Å². The van der Waals surface area contributed by atoms with E-state index in [-0.39, 0.29) is 5.41 Å². The van der Waals surface area contributed by atoms with Gasteiger partial charge >= 0.3 is 6.03 Å². The molecule has 14 heteroatoms. The molecule has 0 saturated carbocycles. The molecule has 6 aromatic rings. The largest absolute Gasteiger partial charge is 0.491 e. The molecule has 0 atom stereocenters. The fourth-order valence-electron chi connectivity index (χ4n) is 5.84. The maximum atomic E-state index is 13.5. The van der Waals surface area contributed by atoms with Gasteiger partial charge in [0.05, 0.1) is 50.1 Å². The van der Waals surface area contributed by atoms with Crippen LogP contribution < -0.4 is 30.3 Å². The smallest absolute Gasteiger partial charge is 0.324 e. The molecule has 0 radical (unpaired) electrons. The number of anilines is 5. The highest BCUT2D eigenvalue weighted by Crippen LogP contribution is 2.35. The molecule has 2 heterocycles. The van der Waals surface area contributed by atoms with Gasteiger partial charge < -0.3 is 39.2 Å². The second kappa shape index (κ2) is 19.3.